The fourth-order valence-corrected chi connectivity index (χ4v) is 3.61. The maximum Gasteiger partial charge on any atom is 0.270 e. The highest BCUT2D eigenvalue weighted by atomic mass is 35.5. The van der Waals surface area contributed by atoms with Gasteiger partial charge in [0.2, 0.25) is 0 Å². The molecule has 0 radical (unpaired) electrons. The summed E-state index contributed by atoms with van der Waals surface area (Å²) in [5.41, 5.74) is 2.23. The monoisotopic (exact) mass is 357 g/mol. The number of amides is 1. The standard InChI is InChI=1S/C16H19N3O2.2ClH/c1-10-9-21-15-6-17-14(5-13(10)15)16(20)18-12-4-11-2-3-19(7-11)8-12;;/h5-6,9,11-12H,2-4,7-8H2,1H3,(H,18,20);2*1H. The fourth-order valence-electron chi connectivity index (χ4n) is 3.61. The second kappa shape index (κ2) is 7.07. The third kappa shape index (κ3) is 3.47. The molecule has 2 aromatic rings. The molecular formula is C16H21Cl2N3O2. The van der Waals surface area contributed by atoms with Crippen molar-refractivity contribution in [2.24, 2.45) is 5.92 Å². The van der Waals surface area contributed by atoms with Gasteiger partial charge in [-0.3, -0.25) is 4.79 Å². The molecular weight excluding hydrogens is 337 g/mol. The summed E-state index contributed by atoms with van der Waals surface area (Å²) in [7, 11) is 0. The van der Waals surface area contributed by atoms with Crippen LogP contribution in [0.2, 0.25) is 0 Å². The number of rotatable bonds is 2. The number of carbonyl (C=O) groups is 1. The number of furan rings is 1. The number of nitrogens with one attached hydrogen (secondary N) is 1. The van der Waals surface area contributed by atoms with Gasteiger partial charge in [0.05, 0.1) is 12.5 Å². The molecule has 0 aromatic carbocycles. The summed E-state index contributed by atoms with van der Waals surface area (Å²) in [4.78, 5) is 19.1. The molecule has 1 N–H and O–H groups in total. The molecule has 4 heterocycles. The Hall–Kier alpha value is -1.30. The number of aryl methyl sites for hydroxylation is 1. The van der Waals surface area contributed by atoms with Crippen LogP contribution in [0.1, 0.15) is 28.9 Å². The van der Waals surface area contributed by atoms with E-state index in [1.54, 1.807) is 12.5 Å². The van der Waals surface area contributed by atoms with Crippen LogP contribution >= 0.6 is 24.8 Å². The molecule has 3 unspecified atom stereocenters. The summed E-state index contributed by atoms with van der Waals surface area (Å²) >= 11 is 0. The van der Waals surface area contributed by atoms with Crippen molar-refractivity contribution in [1.29, 1.82) is 0 Å². The molecule has 2 aromatic heterocycles. The van der Waals surface area contributed by atoms with Crippen molar-refractivity contribution >= 4 is 41.7 Å². The third-order valence-corrected chi connectivity index (χ3v) is 4.69. The van der Waals surface area contributed by atoms with Crippen LogP contribution in [0.3, 0.4) is 0 Å². The molecule has 2 bridgehead atoms. The Labute approximate surface area is 147 Å². The normalized spacial score (nSPS) is 25.5. The van der Waals surface area contributed by atoms with Crippen LogP contribution in [0.15, 0.2) is 22.9 Å². The molecule has 1 amide bonds. The minimum Gasteiger partial charge on any atom is -0.462 e. The maximum atomic E-state index is 12.4. The molecule has 2 fully saturated rings. The highest BCUT2D eigenvalue weighted by Gasteiger charge is 2.33. The number of hydrogen-bond donors (Lipinski definition) is 1. The Morgan fingerprint density at radius 1 is 1.39 bits per heavy atom. The van der Waals surface area contributed by atoms with E-state index in [4.69, 9.17) is 4.42 Å². The Morgan fingerprint density at radius 3 is 3.00 bits per heavy atom. The van der Waals surface area contributed by atoms with E-state index in [0.29, 0.717) is 5.69 Å². The minimum atomic E-state index is -0.0787. The quantitative estimate of drug-likeness (QED) is 0.897. The van der Waals surface area contributed by atoms with E-state index in [1.807, 2.05) is 13.0 Å². The molecule has 7 heteroatoms. The van der Waals surface area contributed by atoms with Gasteiger partial charge in [0, 0.05) is 24.5 Å². The highest BCUT2D eigenvalue weighted by Crippen LogP contribution is 2.27. The minimum absolute atomic E-state index is 0. The molecule has 2 aliphatic heterocycles. The number of hydrogen-bond acceptors (Lipinski definition) is 4. The van der Waals surface area contributed by atoms with Crippen molar-refractivity contribution in [2.45, 2.75) is 25.8 Å². The second-order valence-electron chi connectivity index (χ2n) is 6.30. The lowest BCUT2D eigenvalue weighted by Gasteiger charge is -2.30. The van der Waals surface area contributed by atoms with E-state index in [1.165, 1.54) is 19.5 Å². The van der Waals surface area contributed by atoms with Crippen LogP contribution in [-0.2, 0) is 0 Å². The maximum absolute atomic E-state index is 12.4. The molecule has 0 saturated carbocycles. The van der Waals surface area contributed by atoms with Gasteiger partial charge in [-0.2, -0.15) is 0 Å². The van der Waals surface area contributed by atoms with Gasteiger partial charge in [0.15, 0.2) is 5.58 Å². The van der Waals surface area contributed by atoms with Crippen LogP contribution in [-0.4, -0.2) is 41.5 Å². The van der Waals surface area contributed by atoms with Gasteiger partial charge in [-0.05, 0) is 43.9 Å². The van der Waals surface area contributed by atoms with Gasteiger partial charge >= 0.3 is 0 Å². The highest BCUT2D eigenvalue weighted by molar-refractivity contribution is 5.96. The number of halogens is 2. The van der Waals surface area contributed by atoms with Gasteiger partial charge in [-0.15, -0.1) is 24.8 Å². The van der Waals surface area contributed by atoms with Gasteiger partial charge in [-0.25, -0.2) is 4.98 Å². The summed E-state index contributed by atoms with van der Waals surface area (Å²) in [5, 5.41) is 4.10. The molecule has 126 valence electrons. The number of pyridine rings is 1. The zero-order chi connectivity index (χ0) is 14.4. The Kier molecular flexibility index (Phi) is 5.55. The summed E-state index contributed by atoms with van der Waals surface area (Å²) in [5.74, 6) is 0.667. The van der Waals surface area contributed by atoms with E-state index in [-0.39, 0.29) is 36.8 Å². The first-order chi connectivity index (χ1) is 10.2. The zero-order valence-corrected chi connectivity index (χ0v) is 14.6. The average Bonchev–Trinajstić information content (AvgIpc) is 3.02. The lowest BCUT2D eigenvalue weighted by atomic mass is 9.97. The summed E-state index contributed by atoms with van der Waals surface area (Å²) < 4.78 is 5.37. The van der Waals surface area contributed by atoms with E-state index >= 15 is 0 Å². The van der Waals surface area contributed by atoms with Crippen LogP contribution in [0.4, 0.5) is 0 Å². The smallest absolute Gasteiger partial charge is 0.270 e. The topological polar surface area (TPSA) is 58.4 Å². The second-order valence-corrected chi connectivity index (χ2v) is 6.30. The average molecular weight is 358 g/mol. The Bertz CT molecular complexity index is 692. The Balaban J connectivity index is 0.000000960. The van der Waals surface area contributed by atoms with Crippen LogP contribution in [0, 0.1) is 12.8 Å². The van der Waals surface area contributed by atoms with Gasteiger partial charge in [-0.1, -0.05) is 0 Å². The van der Waals surface area contributed by atoms with Crippen molar-refractivity contribution in [3.05, 3.63) is 29.8 Å². The molecule has 2 aliphatic rings. The number of carbonyl (C=O) groups excluding carboxylic acids is 1. The largest absolute Gasteiger partial charge is 0.462 e. The SMILES string of the molecule is Cc1coc2cnc(C(=O)NC3CC4CCN(C4)C3)cc12.Cl.Cl. The summed E-state index contributed by atoms with van der Waals surface area (Å²) in [6, 6.07) is 2.07. The van der Waals surface area contributed by atoms with Gasteiger partial charge in [0.25, 0.3) is 5.91 Å². The lowest BCUT2D eigenvalue weighted by Crippen LogP contribution is -2.47. The number of fused-ring (bicyclic) bond motifs is 3. The summed E-state index contributed by atoms with van der Waals surface area (Å²) in [6.45, 7) is 5.31. The first-order valence-electron chi connectivity index (χ1n) is 7.56. The molecule has 0 spiro atoms. The predicted octanol–water partition coefficient (Wildman–Crippen LogP) is 2.80. The van der Waals surface area contributed by atoms with Crippen molar-refractivity contribution in [3.63, 3.8) is 0 Å². The van der Waals surface area contributed by atoms with Crippen LogP contribution in [0.5, 0.6) is 0 Å². The molecule has 3 atom stereocenters. The molecule has 23 heavy (non-hydrogen) atoms. The van der Waals surface area contributed by atoms with E-state index in [9.17, 15) is 4.79 Å². The fraction of sp³-hybridized carbons (Fsp3) is 0.500. The molecule has 5 nitrogen and oxygen atoms in total. The number of nitrogens with zero attached hydrogens (tertiary/aromatic N) is 2. The van der Waals surface area contributed by atoms with Crippen LogP contribution < -0.4 is 5.32 Å². The van der Waals surface area contributed by atoms with Gasteiger partial charge < -0.3 is 14.6 Å². The van der Waals surface area contributed by atoms with Crippen molar-refractivity contribution in [1.82, 2.24) is 15.2 Å². The third-order valence-electron chi connectivity index (χ3n) is 4.69. The number of piperidine rings is 1. The van der Waals surface area contributed by atoms with E-state index < -0.39 is 0 Å². The van der Waals surface area contributed by atoms with E-state index in [0.717, 1.165) is 35.4 Å². The lowest BCUT2D eigenvalue weighted by molar-refractivity contribution is 0.0904. The predicted molar refractivity (Wildman–Crippen MR) is 93.7 cm³/mol. The number of aromatic nitrogens is 1. The first-order valence-corrected chi connectivity index (χ1v) is 7.56. The van der Waals surface area contributed by atoms with Crippen molar-refractivity contribution in [2.75, 3.05) is 19.6 Å². The van der Waals surface area contributed by atoms with Crippen molar-refractivity contribution in [3.8, 4) is 0 Å². The van der Waals surface area contributed by atoms with Crippen molar-refractivity contribution < 1.29 is 9.21 Å². The van der Waals surface area contributed by atoms with Crippen LogP contribution in [0.25, 0.3) is 11.0 Å². The van der Waals surface area contributed by atoms with Gasteiger partial charge in [0.1, 0.15) is 5.69 Å². The zero-order valence-electron chi connectivity index (χ0n) is 12.9. The van der Waals surface area contributed by atoms with E-state index in [2.05, 4.69) is 15.2 Å². The molecule has 0 aliphatic carbocycles. The molecule has 4 rings (SSSR count). The Morgan fingerprint density at radius 2 is 2.22 bits per heavy atom. The summed E-state index contributed by atoms with van der Waals surface area (Å²) in [6.07, 6.45) is 5.69. The first kappa shape index (κ1) is 18.0. The molecule has 2 saturated heterocycles.